The Hall–Kier alpha value is -3.15. The molecule has 2 aromatic carbocycles. The van der Waals surface area contributed by atoms with E-state index in [4.69, 9.17) is 0 Å². The van der Waals surface area contributed by atoms with Gasteiger partial charge in [0, 0.05) is 5.69 Å². The summed E-state index contributed by atoms with van der Waals surface area (Å²) in [4.78, 5) is 38.1. The summed E-state index contributed by atoms with van der Waals surface area (Å²) >= 11 is 0. The number of carbonyl (C=O) groups excluding carboxylic acids is 3. The number of urea groups is 1. The van der Waals surface area contributed by atoms with Crippen LogP contribution >= 0.6 is 0 Å². The first kappa shape index (κ1) is 19.6. The van der Waals surface area contributed by atoms with Gasteiger partial charge in [0.2, 0.25) is 5.91 Å². The minimum atomic E-state index is -0.759. The third-order valence-electron chi connectivity index (χ3n) is 4.91. The van der Waals surface area contributed by atoms with Crippen molar-refractivity contribution in [2.24, 2.45) is 0 Å². The van der Waals surface area contributed by atoms with Gasteiger partial charge in [-0.05, 0) is 41.2 Å². The maximum Gasteiger partial charge on any atom is 0.325 e. The molecule has 1 aliphatic heterocycles. The van der Waals surface area contributed by atoms with Crippen LogP contribution < -0.4 is 10.6 Å². The van der Waals surface area contributed by atoms with Crippen molar-refractivity contribution in [3.63, 3.8) is 0 Å². The molecule has 1 aliphatic rings. The Kier molecular flexibility index (Phi) is 5.78. The molecule has 4 amide bonds. The molecule has 0 bridgehead atoms. The molecule has 0 saturated carbocycles. The van der Waals surface area contributed by atoms with E-state index in [1.807, 2.05) is 48.5 Å². The Morgan fingerprint density at radius 2 is 1.71 bits per heavy atom. The molecule has 0 aromatic heterocycles. The van der Waals surface area contributed by atoms with Crippen molar-refractivity contribution in [3.05, 3.63) is 65.2 Å². The third-order valence-corrected chi connectivity index (χ3v) is 4.91. The quantitative estimate of drug-likeness (QED) is 0.753. The highest BCUT2D eigenvalue weighted by Gasteiger charge is 2.39. The molecule has 28 heavy (non-hydrogen) atoms. The average molecular weight is 379 g/mol. The Balaban J connectivity index is 1.65. The second-order valence-corrected chi connectivity index (χ2v) is 7.23. The van der Waals surface area contributed by atoms with Crippen LogP contribution in [0, 0.1) is 0 Å². The summed E-state index contributed by atoms with van der Waals surface area (Å²) in [7, 11) is 0. The Morgan fingerprint density at radius 1 is 1.07 bits per heavy atom. The van der Waals surface area contributed by atoms with E-state index in [1.54, 1.807) is 0 Å². The van der Waals surface area contributed by atoms with Crippen molar-refractivity contribution in [1.82, 2.24) is 10.2 Å². The van der Waals surface area contributed by atoms with Gasteiger partial charge in [0.05, 0.1) is 0 Å². The maximum absolute atomic E-state index is 12.7. The van der Waals surface area contributed by atoms with Gasteiger partial charge in [-0.3, -0.25) is 14.5 Å². The first-order valence-corrected chi connectivity index (χ1v) is 9.49. The molecule has 0 aliphatic carbocycles. The average Bonchev–Trinajstić information content (AvgIpc) is 2.97. The maximum atomic E-state index is 12.7. The summed E-state index contributed by atoms with van der Waals surface area (Å²) < 4.78 is 0. The summed E-state index contributed by atoms with van der Waals surface area (Å²) in [6.45, 7) is 5.92. The molecule has 1 atom stereocenters. The standard InChI is InChI=1S/C22H25N3O3/c1-4-15-5-11-18(12-6-15)23-19(26)13-25-21(27)20(24-22(25)28)17-9-7-16(8-10-17)14(2)3/h5-12,14,20H,4,13H2,1-3H3,(H,23,26)(H,24,28)/t20-/m1/s1. The van der Waals surface area contributed by atoms with Crippen LogP contribution in [0.5, 0.6) is 0 Å². The molecule has 1 fully saturated rings. The van der Waals surface area contributed by atoms with Crippen molar-refractivity contribution in [2.75, 3.05) is 11.9 Å². The molecule has 0 spiro atoms. The summed E-state index contributed by atoms with van der Waals surface area (Å²) in [5, 5.41) is 5.38. The summed E-state index contributed by atoms with van der Waals surface area (Å²) in [6.07, 6.45) is 0.913. The van der Waals surface area contributed by atoms with E-state index in [0.717, 1.165) is 16.9 Å². The molecule has 6 nitrogen and oxygen atoms in total. The third kappa shape index (κ3) is 4.22. The SMILES string of the molecule is CCc1ccc(NC(=O)CN2C(=O)N[C@H](c3ccc(C(C)C)cc3)C2=O)cc1. The molecule has 146 valence electrons. The van der Waals surface area contributed by atoms with E-state index < -0.39 is 23.9 Å². The molecule has 1 saturated heterocycles. The number of aryl methyl sites for hydroxylation is 1. The minimum Gasteiger partial charge on any atom is -0.325 e. The zero-order valence-corrected chi connectivity index (χ0v) is 16.4. The molecule has 2 N–H and O–H groups in total. The van der Waals surface area contributed by atoms with Gasteiger partial charge in [0.15, 0.2) is 0 Å². The molecular formula is C22H25N3O3. The number of amides is 4. The smallest absolute Gasteiger partial charge is 0.325 e. The number of carbonyl (C=O) groups is 3. The zero-order chi connectivity index (χ0) is 20.3. The zero-order valence-electron chi connectivity index (χ0n) is 16.4. The van der Waals surface area contributed by atoms with Crippen molar-refractivity contribution in [2.45, 2.75) is 39.2 Å². The van der Waals surface area contributed by atoms with Crippen molar-refractivity contribution in [3.8, 4) is 0 Å². The van der Waals surface area contributed by atoms with E-state index in [1.165, 1.54) is 5.56 Å². The van der Waals surface area contributed by atoms with Crippen LogP contribution in [-0.4, -0.2) is 29.3 Å². The number of hydrogen-bond acceptors (Lipinski definition) is 3. The molecular weight excluding hydrogens is 354 g/mol. The van der Waals surface area contributed by atoms with E-state index in [2.05, 4.69) is 31.4 Å². The molecule has 1 heterocycles. The molecule has 3 rings (SSSR count). The predicted molar refractivity (Wildman–Crippen MR) is 108 cm³/mol. The van der Waals surface area contributed by atoms with Crippen LogP contribution in [0.3, 0.4) is 0 Å². The fourth-order valence-electron chi connectivity index (χ4n) is 3.14. The van der Waals surface area contributed by atoms with Crippen LogP contribution in [0.1, 0.15) is 49.4 Å². The lowest BCUT2D eigenvalue weighted by atomic mass is 9.99. The topological polar surface area (TPSA) is 78.5 Å². The second kappa shape index (κ2) is 8.25. The van der Waals surface area contributed by atoms with Gasteiger partial charge in [-0.15, -0.1) is 0 Å². The Bertz CT molecular complexity index is 873. The van der Waals surface area contributed by atoms with Gasteiger partial charge in [-0.1, -0.05) is 57.2 Å². The van der Waals surface area contributed by atoms with Gasteiger partial charge in [0.1, 0.15) is 12.6 Å². The first-order chi connectivity index (χ1) is 13.4. The number of nitrogens with one attached hydrogen (secondary N) is 2. The van der Waals surface area contributed by atoms with Crippen molar-refractivity contribution in [1.29, 1.82) is 0 Å². The lowest BCUT2D eigenvalue weighted by molar-refractivity contribution is -0.130. The monoisotopic (exact) mass is 379 g/mol. The normalized spacial score (nSPS) is 16.4. The van der Waals surface area contributed by atoms with Gasteiger partial charge >= 0.3 is 6.03 Å². The first-order valence-electron chi connectivity index (χ1n) is 9.49. The van der Waals surface area contributed by atoms with Gasteiger partial charge in [0.25, 0.3) is 5.91 Å². The lowest BCUT2D eigenvalue weighted by Gasteiger charge is -2.14. The summed E-state index contributed by atoms with van der Waals surface area (Å²) in [5.74, 6) is -0.447. The summed E-state index contributed by atoms with van der Waals surface area (Å²) in [6, 6.07) is 13.8. The van der Waals surface area contributed by atoms with E-state index in [0.29, 0.717) is 17.2 Å². The molecule has 0 unspecified atom stereocenters. The minimum absolute atomic E-state index is 0.319. The number of anilines is 1. The predicted octanol–water partition coefficient (Wildman–Crippen LogP) is 3.60. The number of imide groups is 1. The second-order valence-electron chi connectivity index (χ2n) is 7.23. The van der Waals surface area contributed by atoms with Gasteiger partial charge < -0.3 is 10.6 Å². The van der Waals surface area contributed by atoms with E-state index in [-0.39, 0.29) is 6.54 Å². The molecule has 0 radical (unpaired) electrons. The largest absolute Gasteiger partial charge is 0.325 e. The molecule has 2 aromatic rings. The van der Waals surface area contributed by atoms with Gasteiger partial charge in [-0.2, -0.15) is 0 Å². The van der Waals surface area contributed by atoms with Gasteiger partial charge in [-0.25, -0.2) is 4.79 Å². The van der Waals surface area contributed by atoms with Crippen LogP contribution in [-0.2, 0) is 16.0 Å². The van der Waals surface area contributed by atoms with E-state index >= 15 is 0 Å². The van der Waals surface area contributed by atoms with E-state index in [9.17, 15) is 14.4 Å². The highest BCUT2D eigenvalue weighted by Crippen LogP contribution is 2.24. The van der Waals surface area contributed by atoms with Crippen LogP contribution in [0.2, 0.25) is 0 Å². The number of hydrogen-bond donors (Lipinski definition) is 2. The summed E-state index contributed by atoms with van der Waals surface area (Å²) in [5.41, 5.74) is 3.67. The van der Waals surface area contributed by atoms with Crippen molar-refractivity contribution < 1.29 is 14.4 Å². The van der Waals surface area contributed by atoms with Crippen LogP contribution in [0.4, 0.5) is 10.5 Å². The number of nitrogens with zero attached hydrogens (tertiary/aromatic N) is 1. The highest BCUT2D eigenvalue weighted by molar-refractivity contribution is 6.08. The fraction of sp³-hybridized carbons (Fsp3) is 0.318. The van der Waals surface area contributed by atoms with Crippen LogP contribution in [0.25, 0.3) is 0 Å². The number of rotatable bonds is 6. The van der Waals surface area contributed by atoms with Crippen molar-refractivity contribution >= 4 is 23.5 Å². The highest BCUT2D eigenvalue weighted by atomic mass is 16.2. The lowest BCUT2D eigenvalue weighted by Crippen LogP contribution is -2.38. The van der Waals surface area contributed by atoms with Crippen LogP contribution in [0.15, 0.2) is 48.5 Å². The molecule has 6 heteroatoms. The Morgan fingerprint density at radius 3 is 2.29 bits per heavy atom. The fourth-order valence-corrected chi connectivity index (χ4v) is 3.14. The number of benzene rings is 2. The Labute approximate surface area is 164 Å².